The second-order valence-corrected chi connectivity index (χ2v) is 7.94. The van der Waals surface area contributed by atoms with Crippen LogP contribution in [-0.2, 0) is 11.3 Å². The summed E-state index contributed by atoms with van der Waals surface area (Å²) in [5.74, 6) is -0.325. The van der Waals surface area contributed by atoms with E-state index in [2.05, 4.69) is 33.3 Å². The number of allylic oxidation sites excluding steroid dienone is 2. The van der Waals surface area contributed by atoms with Crippen molar-refractivity contribution < 1.29 is 9.18 Å². The molecule has 2 aromatic carbocycles. The number of amides is 1. The van der Waals surface area contributed by atoms with Crippen molar-refractivity contribution >= 4 is 39.7 Å². The van der Waals surface area contributed by atoms with Gasteiger partial charge < -0.3 is 10.2 Å². The van der Waals surface area contributed by atoms with Crippen LogP contribution in [0.1, 0.15) is 5.56 Å². The number of hydrogen-bond donors (Lipinski definition) is 1. The molecule has 0 aliphatic carbocycles. The van der Waals surface area contributed by atoms with Crippen molar-refractivity contribution in [1.29, 1.82) is 0 Å². The van der Waals surface area contributed by atoms with Crippen molar-refractivity contribution in [3.63, 3.8) is 0 Å². The zero-order chi connectivity index (χ0) is 19.3. The Morgan fingerprint density at radius 2 is 2.18 bits per heavy atom. The maximum absolute atomic E-state index is 15.3. The number of likely N-dealkylation sites (tertiary alicyclic amines) is 1. The van der Waals surface area contributed by atoms with Gasteiger partial charge in [-0.15, -0.1) is 0 Å². The molecule has 2 aliphatic rings. The molecular weight excluding hydrogens is 470 g/mol. The number of benzene rings is 2. The monoisotopic (exact) mass is 486 g/mol. The molecule has 0 spiro atoms. The smallest absolute Gasteiger partial charge is 0.252 e. The lowest BCUT2D eigenvalue weighted by molar-refractivity contribution is -0.125. The van der Waals surface area contributed by atoms with E-state index < -0.39 is 0 Å². The van der Waals surface area contributed by atoms with Crippen LogP contribution in [0.5, 0.6) is 0 Å². The third kappa shape index (κ3) is 2.90. The van der Waals surface area contributed by atoms with E-state index in [0.717, 1.165) is 22.0 Å². The number of halogens is 2. The van der Waals surface area contributed by atoms with Crippen molar-refractivity contribution in [2.45, 2.75) is 12.6 Å². The van der Waals surface area contributed by atoms with E-state index in [4.69, 9.17) is 0 Å². The van der Waals surface area contributed by atoms with Crippen molar-refractivity contribution in [3.8, 4) is 11.1 Å². The molecule has 0 radical (unpaired) electrons. The normalized spacial score (nSPS) is 18.4. The minimum atomic E-state index is -0.286. The van der Waals surface area contributed by atoms with E-state index in [-0.39, 0.29) is 24.3 Å². The van der Waals surface area contributed by atoms with Crippen molar-refractivity contribution in [1.82, 2.24) is 18.2 Å². The van der Waals surface area contributed by atoms with E-state index in [1.165, 1.54) is 0 Å². The molecule has 1 aromatic heterocycles. The highest BCUT2D eigenvalue weighted by Gasteiger charge is 2.35. The fraction of sp³-hybridized carbons (Fsp3) is 0.143. The molecule has 2 aliphatic heterocycles. The van der Waals surface area contributed by atoms with E-state index in [9.17, 15) is 4.79 Å². The molecule has 28 heavy (non-hydrogen) atoms. The van der Waals surface area contributed by atoms with Crippen LogP contribution in [0.4, 0.5) is 4.39 Å². The van der Waals surface area contributed by atoms with E-state index in [0.29, 0.717) is 17.7 Å². The second kappa shape index (κ2) is 6.73. The molecule has 1 unspecified atom stereocenters. The van der Waals surface area contributed by atoms with Crippen LogP contribution < -0.4 is 5.32 Å². The zero-order valence-corrected chi connectivity index (χ0v) is 16.9. The standard InChI is InChI=1S/C21H16FIN4O/c22-20-14(10-26-12-19-17(21(26)28)5-2-8-24-19)3-1-4-16(20)13-6-7-18-15(9-13)11-27(23)25-18/h1-9,11,19,24H,10,12H2. The van der Waals surface area contributed by atoms with Gasteiger partial charge in [-0.05, 0) is 36.0 Å². The maximum atomic E-state index is 15.3. The second-order valence-electron chi connectivity index (χ2n) is 6.96. The average molecular weight is 486 g/mol. The molecule has 140 valence electrons. The number of aromatic nitrogens is 2. The van der Waals surface area contributed by atoms with Crippen molar-refractivity contribution in [3.05, 3.63) is 77.9 Å². The topological polar surface area (TPSA) is 50.2 Å². The van der Waals surface area contributed by atoms with E-state index >= 15 is 4.39 Å². The average Bonchev–Trinajstić information content (AvgIpc) is 3.22. The van der Waals surface area contributed by atoms with Gasteiger partial charge >= 0.3 is 0 Å². The lowest BCUT2D eigenvalue weighted by Gasteiger charge is -2.18. The Morgan fingerprint density at radius 3 is 3.04 bits per heavy atom. The lowest BCUT2D eigenvalue weighted by atomic mass is 10.0. The molecule has 0 bridgehead atoms. The third-order valence-electron chi connectivity index (χ3n) is 5.21. The first-order valence-electron chi connectivity index (χ1n) is 8.95. The Labute approximate surface area is 175 Å². The summed E-state index contributed by atoms with van der Waals surface area (Å²) < 4.78 is 17.0. The molecule has 5 nitrogen and oxygen atoms in total. The number of hydrogen-bond acceptors (Lipinski definition) is 3. The van der Waals surface area contributed by atoms with Crippen LogP contribution in [0.25, 0.3) is 22.0 Å². The Bertz CT molecular complexity index is 1170. The minimum absolute atomic E-state index is 0.0176. The molecule has 1 fully saturated rings. The van der Waals surface area contributed by atoms with Gasteiger partial charge in [0.15, 0.2) is 0 Å². The molecule has 1 amide bonds. The summed E-state index contributed by atoms with van der Waals surface area (Å²) >= 11 is 2.09. The minimum Gasteiger partial charge on any atom is -0.382 e. The van der Waals surface area contributed by atoms with Gasteiger partial charge in [-0.25, -0.2) is 7.29 Å². The van der Waals surface area contributed by atoms with Crippen molar-refractivity contribution in [2.75, 3.05) is 6.54 Å². The van der Waals surface area contributed by atoms with Gasteiger partial charge in [-0.1, -0.05) is 24.3 Å². The highest BCUT2D eigenvalue weighted by molar-refractivity contribution is 14.1. The largest absolute Gasteiger partial charge is 0.382 e. The predicted octanol–water partition coefficient (Wildman–Crippen LogP) is 3.79. The molecule has 1 N–H and O–H groups in total. The predicted molar refractivity (Wildman–Crippen MR) is 114 cm³/mol. The highest BCUT2D eigenvalue weighted by Crippen LogP contribution is 2.30. The number of carbonyl (C=O) groups is 1. The summed E-state index contributed by atoms with van der Waals surface area (Å²) in [6.07, 6.45) is 7.39. The Kier molecular flexibility index (Phi) is 4.19. The number of nitrogens with zero attached hydrogens (tertiary/aromatic N) is 3. The molecule has 0 saturated carbocycles. The van der Waals surface area contributed by atoms with Gasteiger partial charge in [0.1, 0.15) is 5.82 Å². The zero-order valence-electron chi connectivity index (χ0n) is 14.8. The van der Waals surface area contributed by atoms with Crippen LogP contribution in [0.3, 0.4) is 0 Å². The Hall–Kier alpha value is -2.68. The third-order valence-corrected chi connectivity index (χ3v) is 5.70. The van der Waals surface area contributed by atoms with Gasteiger partial charge in [-0.3, -0.25) is 4.79 Å². The van der Waals surface area contributed by atoms with Gasteiger partial charge in [0, 0.05) is 41.4 Å². The van der Waals surface area contributed by atoms with Gasteiger partial charge in [-0.2, -0.15) is 5.10 Å². The summed E-state index contributed by atoms with van der Waals surface area (Å²) in [6.45, 7) is 0.793. The lowest BCUT2D eigenvalue weighted by Crippen LogP contribution is -2.30. The quantitative estimate of drug-likeness (QED) is 0.574. The van der Waals surface area contributed by atoms with Crippen LogP contribution in [0, 0.1) is 5.82 Å². The molecule has 5 rings (SSSR count). The van der Waals surface area contributed by atoms with Crippen LogP contribution in [0.2, 0.25) is 0 Å². The van der Waals surface area contributed by atoms with Crippen LogP contribution >= 0.6 is 22.9 Å². The fourth-order valence-electron chi connectivity index (χ4n) is 3.82. The number of carbonyl (C=O) groups excluding carboxylic acids is 1. The maximum Gasteiger partial charge on any atom is 0.252 e. The summed E-state index contributed by atoms with van der Waals surface area (Å²) in [6, 6.07) is 11.1. The first-order valence-corrected chi connectivity index (χ1v) is 9.92. The summed E-state index contributed by atoms with van der Waals surface area (Å²) in [7, 11) is 0. The molecule has 3 aromatic rings. The fourth-order valence-corrected chi connectivity index (χ4v) is 4.35. The van der Waals surface area contributed by atoms with Crippen molar-refractivity contribution in [2.24, 2.45) is 0 Å². The Morgan fingerprint density at radius 1 is 1.29 bits per heavy atom. The molecular formula is C21H16FIN4O. The number of nitrogens with one attached hydrogen (secondary N) is 1. The SMILES string of the molecule is O=C1C2=CC=CNC2CN1Cc1cccc(-c2ccc3nn(I)cc3c2)c1F. The molecule has 1 atom stereocenters. The van der Waals surface area contributed by atoms with E-state index in [1.54, 1.807) is 19.9 Å². The van der Waals surface area contributed by atoms with Crippen LogP contribution in [0.15, 0.2) is 66.5 Å². The summed E-state index contributed by atoms with van der Waals surface area (Å²) in [4.78, 5) is 14.3. The van der Waals surface area contributed by atoms with Gasteiger partial charge in [0.25, 0.3) is 5.91 Å². The first kappa shape index (κ1) is 17.4. The Balaban J connectivity index is 1.46. The van der Waals surface area contributed by atoms with E-state index in [1.807, 2.05) is 48.8 Å². The molecule has 1 saturated heterocycles. The highest BCUT2D eigenvalue weighted by atomic mass is 127. The van der Waals surface area contributed by atoms with Gasteiger partial charge in [0.2, 0.25) is 0 Å². The summed E-state index contributed by atoms with van der Waals surface area (Å²) in [5, 5.41) is 8.49. The summed E-state index contributed by atoms with van der Waals surface area (Å²) in [5.41, 5.74) is 3.45. The van der Waals surface area contributed by atoms with Crippen LogP contribution in [-0.4, -0.2) is 31.4 Å². The number of dihydropyridines is 1. The van der Waals surface area contributed by atoms with Gasteiger partial charge in [0.05, 0.1) is 34.4 Å². The number of rotatable bonds is 3. The molecule has 7 heteroatoms. The first-order chi connectivity index (χ1) is 13.6. The number of fused-ring (bicyclic) bond motifs is 2. The molecule has 3 heterocycles.